The number of aromatic amines is 1. The van der Waals surface area contributed by atoms with Crippen LogP contribution in [0.25, 0.3) is 28.0 Å². The number of nitrogens with one attached hydrogen (secondary N) is 2. The number of rotatable bonds is 6. The Morgan fingerprint density at radius 2 is 1.88 bits per heavy atom. The highest BCUT2D eigenvalue weighted by Crippen LogP contribution is 2.25. The molecular weight excluding hydrogens is 436 g/mol. The summed E-state index contributed by atoms with van der Waals surface area (Å²) in [6.07, 6.45) is 1.94. The van der Waals surface area contributed by atoms with Crippen LogP contribution in [0.3, 0.4) is 0 Å². The largest absolute Gasteiger partial charge is 0.310 e. The lowest BCUT2D eigenvalue weighted by Gasteiger charge is -2.05. The van der Waals surface area contributed by atoms with Crippen LogP contribution in [-0.4, -0.2) is 30.6 Å². The second-order valence-corrected chi connectivity index (χ2v) is 8.45. The summed E-state index contributed by atoms with van der Waals surface area (Å²) in [5.41, 5.74) is 3.99. The Balaban J connectivity index is 1.28. The number of aryl methyl sites for hydroxylation is 2. The highest BCUT2D eigenvalue weighted by atomic mass is 32.1. The van der Waals surface area contributed by atoms with E-state index in [1.807, 2.05) is 66.9 Å². The Morgan fingerprint density at radius 3 is 2.67 bits per heavy atom. The van der Waals surface area contributed by atoms with Gasteiger partial charge < -0.3 is 10.3 Å². The number of aromatic nitrogens is 5. The van der Waals surface area contributed by atoms with E-state index in [2.05, 4.69) is 25.4 Å². The van der Waals surface area contributed by atoms with E-state index in [1.54, 1.807) is 4.68 Å². The summed E-state index contributed by atoms with van der Waals surface area (Å²) in [7, 11) is 0. The summed E-state index contributed by atoms with van der Waals surface area (Å²) in [6.45, 7) is 2.03. The van der Waals surface area contributed by atoms with Gasteiger partial charge in [0.2, 0.25) is 5.91 Å². The van der Waals surface area contributed by atoms with Crippen LogP contribution in [0.2, 0.25) is 0 Å². The van der Waals surface area contributed by atoms with Crippen LogP contribution < -0.4 is 10.9 Å². The van der Waals surface area contributed by atoms with Gasteiger partial charge in [0.05, 0.1) is 17.6 Å². The van der Waals surface area contributed by atoms with Crippen molar-refractivity contribution in [2.45, 2.75) is 19.8 Å². The van der Waals surface area contributed by atoms with Crippen molar-refractivity contribution in [3.05, 3.63) is 87.9 Å². The van der Waals surface area contributed by atoms with Crippen molar-refractivity contribution in [3.8, 4) is 16.9 Å². The predicted octanol–water partition coefficient (Wildman–Crippen LogP) is 4.11. The second kappa shape index (κ2) is 8.79. The van der Waals surface area contributed by atoms with Crippen LogP contribution in [0, 0.1) is 6.92 Å². The fraction of sp³-hybridized carbons (Fsp3) is 0.125. The fourth-order valence-corrected chi connectivity index (χ4v) is 4.18. The third kappa shape index (κ3) is 4.44. The maximum absolute atomic E-state index is 12.5. The van der Waals surface area contributed by atoms with Crippen molar-refractivity contribution < 1.29 is 4.79 Å². The number of nitrogens with zero attached hydrogens (tertiary/aromatic N) is 4. The van der Waals surface area contributed by atoms with E-state index in [0.29, 0.717) is 22.0 Å². The van der Waals surface area contributed by atoms with Gasteiger partial charge in [0.15, 0.2) is 10.8 Å². The van der Waals surface area contributed by atoms with Crippen LogP contribution in [0.4, 0.5) is 5.13 Å². The minimum atomic E-state index is -0.278. The second-order valence-electron chi connectivity index (χ2n) is 7.59. The van der Waals surface area contributed by atoms with Gasteiger partial charge in [-0.2, -0.15) is 5.10 Å². The van der Waals surface area contributed by atoms with Gasteiger partial charge in [-0.05, 0) is 19.1 Å². The number of benzene rings is 2. The first-order valence-electron chi connectivity index (χ1n) is 10.4. The molecule has 0 unspecified atom stereocenters. The molecule has 2 aromatic carbocycles. The highest BCUT2D eigenvalue weighted by molar-refractivity contribution is 7.14. The standard InChI is InChI=1S/C24H20N6O2S/c1-15-7-9-16(10-8-15)19-14-33-24(26-19)29-21(31)12-11-20-27-22-18(23(32)28-20)13-25-30(22)17-5-3-2-4-6-17/h2-10,13-14H,11-12H2,1H3,(H,26,29,31)(H,27,28,32). The molecule has 0 atom stereocenters. The van der Waals surface area contributed by atoms with Gasteiger partial charge in [0, 0.05) is 23.8 Å². The Labute approximate surface area is 193 Å². The van der Waals surface area contributed by atoms with Crippen molar-refractivity contribution >= 4 is 33.4 Å². The molecule has 0 aliphatic rings. The molecule has 8 nitrogen and oxygen atoms in total. The van der Waals surface area contributed by atoms with E-state index in [0.717, 1.165) is 16.9 Å². The first kappa shape index (κ1) is 20.8. The molecule has 1 amide bonds. The van der Waals surface area contributed by atoms with Crippen LogP contribution in [0.15, 0.2) is 71.0 Å². The zero-order chi connectivity index (χ0) is 22.8. The van der Waals surface area contributed by atoms with Gasteiger partial charge in [0.25, 0.3) is 5.56 Å². The molecule has 0 fully saturated rings. The Kier molecular flexibility index (Phi) is 5.54. The lowest BCUT2D eigenvalue weighted by atomic mass is 10.1. The molecule has 0 radical (unpaired) electrons. The molecule has 0 saturated carbocycles. The van der Waals surface area contributed by atoms with Gasteiger partial charge in [-0.15, -0.1) is 11.3 Å². The van der Waals surface area contributed by atoms with Crippen molar-refractivity contribution in [2.75, 3.05) is 5.32 Å². The number of anilines is 1. The molecule has 9 heteroatoms. The monoisotopic (exact) mass is 456 g/mol. The van der Waals surface area contributed by atoms with Crippen LogP contribution in [0.1, 0.15) is 17.8 Å². The smallest absolute Gasteiger partial charge is 0.262 e. The molecule has 0 aliphatic heterocycles. The number of thiazole rings is 1. The van der Waals surface area contributed by atoms with E-state index < -0.39 is 0 Å². The molecule has 3 aromatic heterocycles. The van der Waals surface area contributed by atoms with Crippen molar-refractivity contribution in [2.24, 2.45) is 0 Å². The van der Waals surface area contributed by atoms with Crippen molar-refractivity contribution in [1.29, 1.82) is 0 Å². The van der Waals surface area contributed by atoms with Crippen molar-refractivity contribution in [1.82, 2.24) is 24.7 Å². The molecule has 0 saturated heterocycles. The van der Waals surface area contributed by atoms with E-state index in [9.17, 15) is 9.59 Å². The molecule has 33 heavy (non-hydrogen) atoms. The summed E-state index contributed by atoms with van der Waals surface area (Å²) in [5, 5.41) is 9.98. The normalized spacial score (nSPS) is 11.1. The number of hydrogen-bond donors (Lipinski definition) is 2. The third-order valence-corrected chi connectivity index (χ3v) is 5.93. The van der Waals surface area contributed by atoms with Crippen LogP contribution in [-0.2, 0) is 11.2 Å². The van der Waals surface area contributed by atoms with Crippen LogP contribution in [0.5, 0.6) is 0 Å². The molecule has 0 bridgehead atoms. The summed E-state index contributed by atoms with van der Waals surface area (Å²) < 4.78 is 1.62. The molecule has 5 aromatic rings. The summed E-state index contributed by atoms with van der Waals surface area (Å²) in [6, 6.07) is 17.5. The maximum atomic E-state index is 12.5. The van der Waals surface area contributed by atoms with E-state index in [4.69, 9.17) is 0 Å². The highest BCUT2D eigenvalue weighted by Gasteiger charge is 2.13. The maximum Gasteiger partial charge on any atom is 0.262 e. The molecular formula is C24H20N6O2S. The zero-order valence-electron chi connectivity index (χ0n) is 17.8. The lowest BCUT2D eigenvalue weighted by molar-refractivity contribution is -0.116. The first-order chi connectivity index (χ1) is 16.1. The van der Waals surface area contributed by atoms with Gasteiger partial charge in [-0.1, -0.05) is 48.0 Å². The number of carbonyl (C=O) groups excluding carboxylic acids is 1. The first-order valence-corrected chi connectivity index (χ1v) is 11.3. The number of H-pyrrole nitrogens is 1. The number of fused-ring (bicyclic) bond motifs is 1. The Morgan fingerprint density at radius 1 is 1.09 bits per heavy atom. The van der Waals surface area contributed by atoms with Gasteiger partial charge in [-0.25, -0.2) is 14.6 Å². The summed E-state index contributed by atoms with van der Waals surface area (Å²) >= 11 is 1.38. The number of carbonyl (C=O) groups is 1. The fourth-order valence-electron chi connectivity index (χ4n) is 3.44. The van der Waals surface area contributed by atoms with Crippen LogP contribution >= 0.6 is 11.3 Å². The topological polar surface area (TPSA) is 106 Å². The average Bonchev–Trinajstić information content (AvgIpc) is 3.46. The number of amides is 1. The Bertz CT molecular complexity index is 1490. The third-order valence-electron chi connectivity index (χ3n) is 5.17. The van der Waals surface area contributed by atoms with E-state index >= 15 is 0 Å². The molecule has 164 valence electrons. The predicted molar refractivity (Wildman–Crippen MR) is 129 cm³/mol. The summed E-state index contributed by atoms with van der Waals surface area (Å²) in [5.74, 6) is 0.235. The average molecular weight is 457 g/mol. The molecule has 2 N–H and O–H groups in total. The minimum absolute atomic E-state index is 0.160. The van der Waals surface area contributed by atoms with E-state index in [-0.39, 0.29) is 24.3 Å². The van der Waals surface area contributed by atoms with Gasteiger partial charge >= 0.3 is 0 Å². The SMILES string of the molecule is Cc1ccc(-c2csc(NC(=O)CCc3nc4c(cnn4-c4ccccc4)c(=O)[nH]3)n2)cc1. The van der Waals surface area contributed by atoms with E-state index in [1.165, 1.54) is 23.1 Å². The van der Waals surface area contributed by atoms with Crippen molar-refractivity contribution in [3.63, 3.8) is 0 Å². The molecule has 0 spiro atoms. The summed E-state index contributed by atoms with van der Waals surface area (Å²) in [4.78, 5) is 36.8. The molecule has 0 aliphatic carbocycles. The number of hydrogen-bond acceptors (Lipinski definition) is 6. The molecule has 5 rings (SSSR count). The zero-order valence-corrected chi connectivity index (χ0v) is 18.6. The van der Waals surface area contributed by atoms with Gasteiger partial charge in [0.1, 0.15) is 11.2 Å². The minimum Gasteiger partial charge on any atom is -0.310 e. The number of para-hydroxylation sites is 1. The molecule has 3 heterocycles. The Hall–Kier alpha value is -4.11. The van der Waals surface area contributed by atoms with Gasteiger partial charge in [-0.3, -0.25) is 9.59 Å². The lowest BCUT2D eigenvalue weighted by Crippen LogP contribution is -2.16. The quantitative estimate of drug-likeness (QED) is 0.400.